The molecule has 0 saturated carbocycles. The van der Waals surface area contributed by atoms with Crippen molar-refractivity contribution in [3.05, 3.63) is 29.8 Å². The molecule has 3 nitrogen and oxygen atoms in total. The van der Waals surface area contributed by atoms with Crippen LogP contribution in [-0.2, 0) is 10.0 Å². The molecule has 0 amide bonds. The minimum atomic E-state index is -3.58. The van der Waals surface area contributed by atoms with E-state index in [-0.39, 0.29) is 16.7 Å². The minimum absolute atomic E-state index is 0.113. The zero-order valence-corrected chi connectivity index (χ0v) is 12.0. The predicted octanol–water partition coefficient (Wildman–Crippen LogP) is 2.51. The Kier molecular flexibility index (Phi) is 4.84. The second-order valence-corrected chi connectivity index (χ2v) is 6.47. The second kappa shape index (κ2) is 5.57. The molecule has 0 bridgehead atoms. The van der Waals surface area contributed by atoms with Crippen LogP contribution in [0.1, 0.15) is 12.5 Å². The summed E-state index contributed by atoms with van der Waals surface area (Å²) in [5, 5.41) is 0. The molecular formula is C11H15Cl2NO2S. The van der Waals surface area contributed by atoms with Gasteiger partial charge in [-0.2, -0.15) is 0 Å². The van der Waals surface area contributed by atoms with Crippen molar-refractivity contribution >= 4 is 33.2 Å². The third kappa shape index (κ3) is 3.85. The summed E-state index contributed by atoms with van der Waals surface area (Å²) in [4.78, 5) is 0.221. The first-order valence-corrected chi connectivity index (χ1v) is 7.61. The van der Waals surface area contributed by atoms with Gasteiger partial charge in [-0.3, -0.25) is 0 Å². The summed E-state index contributed by atoms with van der Waals surface area (Å²) in [6.07, 6.45) is 0. The first-order chi connectivity index (χ1) is 7.83. The van der Waals surface area contributed by atoms with E-state index in [0.717, 1.165) is 5.56 Å². The molecule has 1 N–H and O–H groups in total. The van der Waals surface area contributed by atoms with E-state index in [1.54, 1.807) is 19.1 Å². The topological polar surface area (TPSA) is 46.2 Å². The van der Waals surface area contributed by atoms with Gasteiger partial charge in [0.2, 0.25) is 10.0 Å². The van der Waals surface area contributed by atoms with Gasteiger partial charge in [0, 0.05) is 11.8 Å². The maximum atomic E-state index is 12.1. The van der Waals surface area contributed by atoms with Crippen LogP contribution in [0.3, 0.4) is 0 Å². The van der Waals surface area contributed by atoms with Crippen LogP contribution in [-0.4, -0.2) is 25.7 Å². The molecule has 0 aliphatic rings. The van der Waals surface area contributed by atoms with Crippen molar-refractivity contribution in [2.24, 2.45) is 0 Å². The lowest BCUT2D eigenvalue weighted by Gasteiger charge is -2.25. The average molecular weight is 296 g/mol. The number of halogens is 2. The molecule has 0 heterocycles. The van der Waals surface area contributed by atoms with Gasteiger partial charge in [0.25, 0.3) is 0 Å². The van der Waals surface area contributed by atoms with Gasteiger partial charge in [0.05, 0.1) is 10.4 Å². The van der Waals surface area contributed by atoms with Crippen LogP contribution >= 0.6 is 23.2 Å². The molecule has 0 spiro atoms. The van der Waals surface area contributed by atoms with E-state index in [9.17, 15) is 8.42 Å². The highest BCUT2D eigenvalue weighted by molar-refractivity contribution is 7.89. The number of rotatable bonds is 5. The van der Waals surface area contributed by atoms with E-state index in [0.29, 0.717) is 0 Å². The van der Waals surface area contributed by atoms with Gasteiger partial charge in [0.1, 0.15) is 0 Å². The molecule has 6 heteroatoms. The zero-order valence-electron chi connectivity index (χ0n) is 9.70. The molecule has 0 aliphatic carbocycles. The van der Waals surface area contributed by atoms with Crippen molar-refractivity contribution in [2.45, 2.75) is 24.3 Å². The number of alkyl halides is 2. The van der Waals surface area contributed by atoms with Crippen LogP contribution in [0.15, 0.2) is 29.2 Å². The molecule has 1 rings (SSSR count). The van der Waals surface area contributed by atoms with Gasteiger partial charge >= 0.3 is 0 Å². The molecule has 17 heavy (non-hydrogen) atoms. The van der Waals surface area contributed by atoms with Gasteiger partial charge in [0.15, 0.2) is 0 Å². The van der Waals surface area contributed by atoms with Crippen molar-refractivity contribution in [3.8, 4) is 0 Å². The lowest BCUT2D eigenvalue weighted by Crippen LogP contribution is -2.49. The largest absolute Gasteiger partial charge is 0.241 e. The molecule has 0 aliphatic heterocycles. The Morgan fingerprint density at radius 3 is 2.35 bits per heavy atom. The molecular weight excluding hydrogens is 281 g/mol. The molecule has 0 unspecified atom stereocenters. The van der Waals surface area contributed by atoms with E-state index in [4.69, 9.17) is 23.2 Å². The predicted molar refractivity (Wildman–Crippen MR) is 71.3 cm³/mol. The van der Waals surface area contributed by atoms with Gasteiger partial charge in [-0.05, 0) is 31.5 Å². The molecule has 1 aromatic rings. The molecule has 0 radical (unpaired) electrons. The first kappa shape index (κ1) is 14.8. The molecule has 0 atom stereocenters. The third-order valence-electron chi connectivity index (χ3n) is 2.27. The summed E-state index contributed by atoms with van der Waals surface area (Å²) in [6.45, 7) is 3.50. The van der Waals surface area contributed by atoms with Crippen LogP contribution < -0.4 is 4.72 Å². The smallest absolute Gasteiger partial charge is 0.207 e. The monoisotopic (exact) mass is 295 g/mol. The summed E-state index contributed by atoms with van der Waals surface area (Å²) >= 11 is 11.4. The Hall–Kier alpha value is -0.290. The third-order valence-corrected chi connectivity index (χ3v) is 5.09. The first-order valence-electron chi connectivity index (χ1n) is 5.05. The van der Waals surface area contributed by atoms with Crippen LogP contribution in [0.4, 0.5) is 0 Å². The second-order valence-electron chi connectivity index (χ2n) is 4.25. The standard InChI is InChI=1S/C11H15Cl2NO2S/c1-9-4-3-5-10(6-9)17(15,16)14-11(2,7-12)8-13/h3-6,14H,7-8H2,1-2H3. The molecule has 0 fully saturated rings. The van der Waals surface area contributed by atoms with Crippen LogP contribution in [0, 0.1) is 6.92 Å². The molecule has 0 saturated heterocycles. The SMILES string of the molecule is Cc1cccc(S(=O)(=O)NC(C)(CCl)CCl)c1. The number of hydrogen-bond donors (Lipinski definition) is 1. The lowest BCUT2D eigenvalue weighted by atomic mass is 10.1. The van der Waals surface area contributed by atoms with E-state index in [2.05, 4.69) is 4.72 Å². The number of aryl methyl sites for hydroxylation is 1. The van der Waals surface area contributed by atoms with Gasteiger partial charge in [-0.1, -0.05) is 12.1 Å². The molecule has 0 aromatic heterocycles. The normalized spacial score (nSPS) is 12.7. The van der Waals surface area contributed by atoms with E-state index in [1.165, 1.54) is 6.07 Å². The summed E-state index contributed by atoms with van der Waals surface area (Å²) in [6, 6.07) is 6.67. The Morgan fingerprint density at radius 2 is 1.88 bits per heavy atom. The summed E-state index contributed by atoms with van der Waals surface area (Å²) in [7, 11) is -3.58. The van der Waals surface area contributed by atoms with Crippen LogP contribution in [0.5, 0.6) is 0 Å². The average Bonchev–Trinajstić information content (AvgIpc) is 2.28. The Bertz CT molecular complexity index is 484. The fraction of sp³-hybridized carbons (Fsp3) is 0.455. The van der Waals surface area contributed by atoms with Crippen molar-refractivity contribution in [2.75, 3.05) is 11.8 Å². The van der Waals surface area contributed by atoms with E-state index >= 15 is 0 Å². The summed E-state index contributed by atoms with van der Waals surface area (Å²) in [5.74, 6) is 0.225. The van der Waals surface area contributed by atoms with Crippen LogP contribution in [0.25, 0.3) is 0 Å². The van der Waals surface area contributed by atoms with Gasteiger partial charge in [-0.15, -0.1) is 23.2 Å². The van der Waals surface area contributed by atoms with Crippen molar-refractivity contribution in [1.82, 2.24) is 4.72 Å². The quantitative estimate of drug-likeness (QED) is 0.849. The van der Waals surface area contributed by atoms with Crippen LogP contribution in [0.2, 0.25) is 0 Å². The highest BCUT2D eigenvalue weighted by Crippen LogP contribution is 2.16. The lowest BCUT2D eigenvalue weighted by molar-refractivity contribution is 0.500. The fourth-order valence-corrected chi connectivity index (χ4v) is 3.34. The number of sulfonamides is 1. The maximum absolute atomic E-state index is 12.1. The number of hydrogen-bond acceptors (Lipinski definition) is 2. The van der Waals surface area contributed by atoms with Crippen molar-refractivity contribution < 1.29 is 8.42 Å². The van der Waals surface area contributed by atoms with Crippen molar-refractivity contribution in [3.63, 3.8) is 0 Å². The Balaban J connectivity index is 3.05. The van der Waals surface area contributed by atoms with Crippen molar-refractivity contribution in [1.29, 1.82) is 0 Å². The van der Waals surface area contributed by atoms with Gasteiger partial charge < -0.3 is 0 Å². The molecule has 96 valence electrons. The Morgan fingerprint density at radius 1 is 1.29 bits per heavy atom. The number of benzene rings is 1. The maximum Gasteiger partial charge on any atom is 0.241 e. The molecule has 1 aromatic carbocycles. The fourth-order valence-electron chi connectivity index (χ4n) is 1.26. The van der Waals surface area contributed by atoms with E-state index in [1.807, 2.05) is 13.0 Å². The minimum Gasteiger partial charge on any atom is -0.207 e. The highest BCUT2D eigenvalue weighted by atomic mass is 35.5. The van der Waals surface area contributed by atoms with Gasteiger partial charge in [-0.25, -0.2) is 13.1 Å². The zero-order chi connectivity index (χ0) is 13.1. The summed E-state index contributed by atoms with van der Waals surface area (Å²) < 4.78 is 26.7. The number of nitrogens with one attached hydrogen (secondary N) is 1. The summed E-state index contributed by atoms with van der Waals surface area (Å²) in [5.41, 5.74) is 0.0393. The van der Waals surface area contributed by atoms with E-state index < -0.39 is 15.6 Å². The Labute approximate surface area is 112 Å². The highest BCUT2D eigenvalue weighted by Gasteiger charge is 2.29.